The Labute approximate surface area is 215 Å². The second kappa shape index (κ2) is 10.4. The summed E-state index contributed by atoms with van der Waals surface area (Å²) in [4.78, 5) is 9.13. The molecule has 2 aromatic carbocycles. The molecule has 1 N–H and O–H groups in total. The van der Waals surface area contributed by atoms with Crippen LogP contribution in [0.25, 0.3) is 22.5 Å². The molecule has 1 fully saturated rings. The summed E-state index contributed by atoms with van der Waals surface area (Å²) in [6, 6.07) is 20.4. The van der Waals surface area contributed by atoms with Crippen LogP contribution in [-0.4, -0.2) is 48.8 Å². The van der Waals surface area contributed by atoms with Gasteiger partial charge in [-0.3, -0.25) is 0 Å². The van der Waals surface area contributed by atoms with Gasteiger partial charge in [0.25, 0.3) is 0 Å². The van der Waals surface area contributed by atoms with E-state index in [1.54, 1.807) is 7.11 Å². The summed E-state index contributed by atoms with van der Waals surface area (Å²) < 4.78 is 18.6. The number of aromatic amines is 1. The first-order valence-electron chi connectivity index (χ1n) is 12.2. The van der Waals surface area contributed by atoms with Crippen molar-refractivity contribution in [2.24, 2.45) is 0 Å². The first-order chi connectivity index (χ1) is 16.6. The van der Waals surface area contributed by atoms with E-state index < -0.39 is 8.32 Å². The van der Waals surface area contributed by atoms with E-state index in [1.807, 2.05) is 36.4 Å². The number of methoxy groups -OCH3 is 1. The highest BCUT2D eigenvalue weighted by molar-refractivity contribution is 7.81. The quantitative estimate of drug-likeness (QED) is 0.211. The van der Waals surface area contributed by atoms with Crippen LogP contribution in [0, 0.1) is 0 Å². The largest absolute Gasteiger partial charge is 0.414 e. The topological polar surface area (TPSA) is 56.4 Å². The highest BCUT2D eigenvalue weighted by Crippen LogP contribution is 2.40. The van der Waals surface area contributed by atoms with Crippen molar-refractivity contribution < 1.29 is 13.9 Å². The number of hydrogen-bond donors (Lipinski definition) is 1. The second-order valence-corrected chi connectivity index (χ2v) is 15.9. The molecule has 1 aliphatic heterocycles. The van der Waals surface area contributed by atoms with Gasteiger partial charge in [-0.25, -0.2) is 4.98 Å². The Morgan fingerprint density at radius 1 is 1.00 bits per heavy atom. The lowest BCUT2D eigenvalue weighted by Crippen LogP contribution is -2.49. The average Bonchev–Trinajstić information content (AvgIpc) is 3.29. The second-order valence-electron chi connectivity index (χ2n) is 10.7. The summed E-state index contributed by atoms with van der Waals surface area (Å²) in [6.07, 6.45) is 0.725. The van der Waals surface area contributed by atoms with Crippen LogP contribution in [0.4, 0.5) is 0 Å². The minimum absolute atomic E-state index is 0.0229. The van der Waals surface area contributed by atoms with Crippen molar-refractivity contribution in [1.82, 2.24) is 9.97 Å². The minimum Gasteiger partial charge on any atom is -0.414 e. The van der Waals surface area contributed by atoms with Gasteiger partial charge in [0, 0.05) is 31.1 Å². The highest BCUT2D eigenvalue weighted by atomic mass is 32.1. The van der Waals surface area contributed by atoms with E-state index in [9.17, 15) is 0 Å². The smallest absolute Gasteiger partial charge is 0.192 e. The van der Waals surface area contributed by atoms with E-state index in [4.69, 9.17) is 31.1 Å². The van der Waals surface area contributed by atoms with Gasteiger partial charge in [0.2, 0.25) is 0 Å². The molecule has 0 unspecified atom stereocenters. The Balaban J connectivity index is 1.64. The Hall–Kier alpha value is -2.16. The molecule has 2 heterocycles. The third-order valence-electron chi connectivity index (χ3n) is 7.12. The number of ether oxygens (including phenoxy) is 2. The molecule has 1 saturated heterocycles. The molecule has 0 radical (unpaired) electrons. The number of nitrogens with zero attached hydrogens (tertiary/aromatic N) is 1. The van der Waals surface area contributed by atoms with E-state index >= 15 is 0 Å². The van der Waals surface area contributed by atoms with E-state index in [1.165, 1.54) is 0 Å². The van der Waals surface area contributed by atoms with Crippen LogP contribution in [0.1, 0.15) is 39.4 Å². The van der Waals surface area contributed by atoms with Crippen LogP contribution >= 0.6 is 12.2 Å². The molecule has 3 aromatic rings. The van der Waals surface area contributed by atoms with Crippen molar-refractivity contribution in [2.45, 2.75) is 70.2 Å². The van der Waals surface area contributed by atoms with Crippen molar-refractivity contribution in [1.29, 1.82) is 0 Å². The van der Waals surface area contributed by atoms with Gasteiger partial charge in [0.1, 0.15) is 11.9 Å². The normalized spacial score (nSPS) is 21.1. The predicted octanol–water partition coefficient (Wildman–Crippen LogP) is 7.00. The third kappa shape index (κ3) is 5.81. The molecule has 3 atom stereocenters. The zero-order valence-electron chi connectivity index (χ0n) is 21.5. The lowest BCUT2D eigenvalue weighted by molar-refractivity contribution is -0.183. The summed E-state index contributed by atoms with van der Waals surface area (Å²) in [5, 5.41) is 0.125. The molecule has 0 saturated carbocycles. The van der Waals surface area contributed by atoms with Crippen molar-refractivity contribution in [2.75, 3.05) is 7.11 Å². The van der Waals surface area contributed by atoms with Gasteiger partial charge in [-0.1, -0.05) is 93.7 Å². The molecule has 1 aromatic heterocycles. The van der Waals surface area contributed by atoms with Crippen LogP contribution in [0.15, 0.2) is 60.7 Å². The molecule has 35 heavy (non-hydrogen) atoms. The number of H-pyrrole nitrogens is 1. The van der Waals surface area contributed by atoms with Crippen LogP contribution in [0.5, 0.6) is 0 Å². The standard InChI is InChI=1S/C28H36N2O3SSi/c1-28(2,3)35(5,6)33-21-17-22(32-23(18-21)31-4)26(34)27-29-24(19-13-9-7-10-14-19)25(30-27)20-15-11-8-12-16-20/h7-16,21-23H,17-18H2,1-6H3,(H,29,30)/t21-,22+,23-/m1/s1. The Morgan fingerprint density at radius 3 is 2.17 bits per heavy atom. The molecular weight excluding hydrogens is 472 g/mol. The lowest BCUT2D eigenvalue weighted by atomic mass is 10.0. The fourth-order valence-electron chi connectivity index (χ4n) is 4.12. The zero-order chi connectivity index (χ0) is 25.2. The molecule has 7 heteroatoms. The van der Waals surface area contributed by atoms with E-state index in [0.29, 0.717) is 23.5 Å². The number of benzene rings is 2. The SMILES string of the molecule is CO[C@H]1C[C@H](O[Si](C)(C)C(C)(C)C)C[C@@H](C(=S)c2nc(-c3ccccc3)c(-c3ccccc3)[nH]2)O1. The summed E-state index contributed by atoms with van der Waals surface area (Å²) in [5.74, 6) is 0.658. The molecule has 5 nitrogen and oxygen atoms in total. The molecule has 4 rings (SSSR count). The molecule has 0 aliphatic carbocycles. The maximum absolute atomic E-state index is 6.75. The Kier molecular flexibility index (Phi) is 7.73. The number of aromatic nitrogens is 2. The van der Waals surface area contributed by atoms with E-state index in [0.717, 1.165) is 22.5 Å². The van der Waals surface area contributed by atoms with E-state index in [2.05, 4.69) is 63.1 Å². The van der Waals surface area contributed by atoms with Crippen LogP contribution < -0.4 is 0 Å². The van der Waals surface area contributed by atoms with Gasteiger partial charge in [0.15, 0.2) is 14.6 Å². The van der Waals surface area contributed by atoms with Gasteiger partial charge in [-0.2, -0.15) is 0 Å². The average molecular weight is 509 g/mol. The Morgan fingerprint density at radius 2 is 1.60 bits per heavy atom. The summed E-state index contributed by atoms with van der Waals surface area (Å²) in [6.45, 7) is 11.3. The molecule has 1 aliphatic rings. The monoisotopic (exact) mass is 508 g/mol. The van der Waals surface area contributed by atoms with Crippen LogP contribution in [0.3, 0.4) is 0 Å². The van der Waals surface area contributed by atoms with Crippen molar-refractivity contribution in [3.63, 3.8) is 0 Å². The van der Waals surface area contributed by atoms with Crippen LogP contribution in [0.2, 0.25) is 18.1 Å². The number of rotatable bonds is 7. The van der Waals surface area contributed by atoms with Crippen molar-refractivity contribution in [3.05, 3.63) is 66.5 Å². The van der Waals surface area contributed by atoms with Crippen molar-refractivity contribution in [3.8, 4) is 22.5 Å². The zero-order valence-corrected chi connectivity index (χ0v) is 23.3. The van der Waals surface area contributed by atoms with Gasteiger partial charge >= 0.3 is 0 Å². The molecule has 0 bridgehead atoms. The maximum atomic E-state index is 6.75. The molecular formula is C28H36N2O3SSi. The maximum Gasteiger partial charge on any atom is 0.192 e. The fraction of sp³-hybridized carbons (Fsp3) is 0.429. The number of imidazole rings is 1. The Bertz CT molecular complexity index is 1090. The number of hydrogen-bond acceptors (Lipinski definition) is 5. The number of nitrogens with one attached hydrogen (secondary N) is 1. The van der Waals surface area contributed by atoms with Crippen molar-refractivity contribution >= 4 is 25.4 Å². The van der Waals surface area contributed by atoms with Crippen LogP contribution in [-0.2, 0) is 13.9 Å². The first-order valence-corrected chi connectivity index (χ1v) is 15.5. The summed E-state index contributed by atoms with van der Waals surface area (Å²) in [5.41, 5.74) is 3.92. The van der Waals surface area contributed by atoms with Gasteiger partial charge in [-0.05, 0) is 18.1 Å². The first kappa shape index (κ1) is 25.9. The van der Waals surface area contributed by atoms with E-state index in [-0.39, 0.29) is 23.5 Å². The van der Waals surface area contributed by atoms with Gasteiger partial charge < -0.3 is 18.9 Å². The predicted molar refractivity (Wildman–Crippen MR) is 148 cm³/mol. The van der Waals surface area contributed by atoms with Gasteiger partial charge in [-0.15, -0.1) is 0 Å². The molecule has 0 spiro atoms. The highest BCUT2D eigenvalue weighted by Gasteiger charge is 2.42. The number of thiocarbonyl (C=S) groups is 1. The molecule has 186 valence electrons. The lowest BCUT2D eigenvalue weighted by Gasteiger charge is -2.43. The minimum atomic E-state index is -1.95. The summed E-state index contributed by atoms with van der Waals surface area (Å²) >= 11 is 5.96. The summed E-state index contributed by atoms with van der Waals surface area (Å²) in [7, 11) is -0.275. The fourth-order valence-corrected chi connectivity index (χ4v) is 5.74. The van der Waals surface area contributed by atoms with Gasteiger partial charge in [0.05, 0.1) is 22.4 Å². The third-order valence-corrected chi connectivity index (χ3v) is 12.1. The molecule has 0 amide bonds.